The number of hydrogen-bond acceptors (Lipinski definition) is 2. The highest BCUT2D eigenvalue weighted by Crippen LogP contribution is 2.69. The van der Waals surface area contributed by atoms with Gasteiger partial charge in [-0.25, -0.2) is 0 Å². The Labute approximate surface area is 134 Å². The van der Waals surface area contributed by atoms with Crippen molar-refractivity contribution in [1.82, 2.24) is 0 Å². The van der Waals surface area contributed by atoms with Crippen molar-refractivity contribution in [2.24, 2.45) is 22.7 Å². The average Bonchev–Trinajstić information content (AvgIpc) is 2.78. The molecular formula is C20H30O2. The zero-order chi connectivity index (χ0) is 15.9. The zero-order valence-electron chi connectivity index (χ0n) is 14.4. The van der Waals surface area contributed by atoms with Gasteiger partial charge in [-0.1, -0.05) is 36.1 Å². The van der Waals surface area contributed by atoms with Crippen LogP contribution in [0.4, 0.5) is 0 Å². The maximum Gasteiger partial charge on any atom is 0.0861 e. The number of aliphatic hydroxyl groups excluding tert-OH is 2. The summed E-state index contributed by atoms with van der Waals surface area (Å²) in [6, 6.07) is 0. The fourth-order valence-corrected chi connectivity index (χ4v) is 6.90. The van der Waals surface area contributed by atoms with Gasteiger partial charge in [-0.2, -0.15) is 0 Å². The van der Waals surface area contributed by atoms with Crippen molar-refractivity contribution in [2.45, 2.75) is 78.4 Å². The monoisotopic (exact) mass is 302 g/mol. The van der Waals surface area contributed by atoms with Crippen LogP contribution in [0.2, 0.25) is 0 Å². The smallest absolute Gasteiger partial charge is 0.0861 e. The molecule has 4 aliphatic carbocycles. The van der Waals surface area contributed by atoms with Gasteiger partial charge in [-0.3, -0.25) is 0 Å². The van der Waals surface area contributed by atoms with E-state index < -0.39 is 12.2 Å². The molecule has 0 radical (unpaired) electrons. The lowest BCUT2D eigenvalue weighted by atomic mass is 9.45. The summed E-state index contributed by atoms with van der Waals surface area (Å²) in [7, 11) is 0. The van der Waals surface area contributed by atoms with Crippen LogP contribution in [0.25, 0.3) is 0 Å². The van der Waals surface area contributed by atoms with Crippen molar-refractivity contribution >= 4 is 0 Å². The second-order valence-corrected chi connectivity index (χ2v) is 8.87. The predicted molar refractivity (Wildman–Crippen MR) is 88.3 cm³/mol. The van der Waals surface area contributed by atoms with Gasteiger partial charge >= 0.3 is 0 Å². The van der Waals surface area contributed by atoms with Gasteiger partial charge in [0.1, 0.15) is 0 Å². The number of rotatable bonds is 0. The summed E-state index contributed by atoms with van der Waals surface area (Å²) in [5.41, 5.74) is 6.25. The van der Waals surface area contributed by atoms with E-state index in [-0.39, 0.29) is 16.7 Å². The maximum absolute atomic E-state index is 10.9. The molecule has 0 amide bonds. The van der Waals surface area contributed by atoms with Gasteiger partial charge in [0.05, 0.1) is 12.2 Å². The van der Waals surface area contributed by atoms with Crippen LogP contribution in [-0.4, -0.2) is 22.4 Å². The quantitative estimate of drug-likeness (QED) is 0.664. The van der Waals surface area contributed by atoms with E-state index in [2.05, 4.69) is 27.7 Å². The van der Waals surface area contributed by atoms with E-state index in [1.807, 2.05) is 0 Å². The normalized spacial score (nSPS) is 51.0. The minimum atomic E-state index is -0.571. The van der Waals surface area contributed by atoms with Gasteiger partial charge < -0.3 is 10.2 Å². The maximum atomic E-state index is 10.9. The third kappa shape index (κ3) is 1.54. The number of aliphatic hydroxyl groups is 2. The standard InChI is InChI=1S/C20H30O2/c1-11-5-7-14-12(2)6-8-15-16(21)18(22)19(3)10-9-13(11)17(19)20(14,15)4/h15-18,21-22H,5-10H2,1-4H3/t15-,16+,17-,18+,19+,20+/m0/s1. The first kappa shape index (κ1) is 15.0. The molecule has 0 heterocycles. The molecule has 0 bridgehead atoms. The van der Waals surface area contributed by atoms with E-state index in [0.717, 1.165) is 32.1 Å². The molecule has 0 aromatic heterocycles. The Balaban J connectivity index is 2.00. The Kier molecular flexibility index (Phi) is 3.05. The van der Waals surface area contributed by atoms with E-state index >= 15 is 0 Å². The highest BCUT2D eigenvalue weighted by atomic mass is 16.3. The van der Waals surface area contributed by atoms with Crippen molar-refractivity contribution in [2.75, 3.05) is 0 Å². The van der Waals surface area contributed by atoms with Crippen LogP contribution in [0.1, 0.15) is 66.2 Å². The Hall–Kier alpha value is -0.600. The minimum absolute atomic E-state index is 0.0549. The molecule has 2 heteroatoms. The Bertz CT molecular complexity index is 587. The third-order valence-corrected chi connectivity index (χ3v) is 8.02. The van der Waals surface area contributed by atoms with E-state index in [0.29, 0.717) is 5.92 Å². The van der Waals surface area contributed by atoms with Crippen LogP contribution in [0.3, 0.4) is 0 Å². The second kappa shape index (κ2) is 4.48. The summed E-state index contributed by atoms with van der Waals surface area (Å²) in [6.07, 6.45) is 5.46. The van der Waals surface area contributed by atoms with E-state index in [1.54, 1.807) is 22.3 Å². The van der Waals surface area contributed by atoms with Crippen LogP contribution in [0.15, 0.2) is 22.3 Å². The van der Waals surface area contributed by atoms with Gasteiger partial charge in [0, 0.05) is 10.8 Å². The van der Waals surface area contributed by atoms with Crippen molar-refractivity contribution in [3.8, 4) is 0 Å². The third-order valence-electron chi connectivity index (χ3n) is 8.02. The Morgan fingerprint density at radius 1 is 0.955 bits per heavy atom. The van der Waals surface area contributed by atoms with Crippen molar-refractivity contribution in [3.63, 3.8) is 0 Å². The topological polar surface area (TPSA) is 40.5 Å². The van der Waals surface area contributed by atoms with Gasteiger partial charge in [0.15, 0.2) is 0 Å². The lowest BCUT2D eigenvalue weighted by Crippen LogP contribution is -2.62. The second-order valence-electron chi connectivity index (χ2n) is 8.87. The molecule has 22 heavy (non-hydrogen) atoms. The number of hydrogen-bond donors (Lipinski definition) is 2. The van der Waals surface area contributed by atoms with Crippen LogP contribution in [0.5, 0.6) is 0 Å². The Morgan fingerprint density at radius 3 is 2.41 bits per heavy atom. The zero-order valence-corrected chi connectivity index (χ0v) is 14.4. The molecule has 2 N–H and O–H groups in total. The molecular weight excluding hydrogens is 272 g/mol. The van der Waals surface area contributed by atoms with Crippen LogP contribution in [-0.2, 0) is 0 Å². The molecule has 0 saturated heterocycles. The summed E-state index contributed by atoms with van der Waals surface area (Å²) < 4.78 is 0. The number of allylic oxidation sites excluding steroid dienone is 4. The van der Waals surface area contributed by atoms with E-state index in [1.165, 1.54) is 6.42 Å². The average molecular weight is 302 g/mol. The van der Waals surface area contributed by atoms with E-state index in [4.69, 9.17) is 0 Å². The molecule has 0 aliphatic heterocycles. The molecule has 6 atom stereocenters. The summed E-state index contributed by atoms with van der Waals surface area (Å²) in [5, 5.41) is 21.9. The SMILES string of the molecule is CC1=C2CC[C@@]3(C)[C@H](O)[C@H](O)[C@@H]4CCC(C)=C(CC1)[C@@]4(C)[C@@H]23. The van der Waals surface area contributed by atoms with Gasteiger partial charge in [0.2, 0.25) is 0 Å². The highest BCUT2D eigenvalue weighted by molar-refractivity contribution is 5.41. The molecule has 2 saturated carbocycles. The largest absolute Gasteiger partial charge is 0.390 e. The molecule has 4 rings (SSSR count). The first-order valence-electron chi connectivity index (χ1n) is 9.05. The summed E-state index contributed by atoms with van der Waals surface area (Å²) in [5.74, 6) is 0.648. The van der Waals surface area contributed by atoms with Crippen molar-refractivity contribution < 1.29 is 10.2 Å². The van der Waals surface area contributed by atoms with Crippen LogP contribution < -0.4 is 0 Å². The molecule has 4 aliphatic rings. The van der Waals surface area contributed by atoms with Crippen molar-refractivity contribution in [1.29, 1.82) is 0 Å². The Morgan fingerprint density at radius 2 is 1.68 bits per heavy atom. The molecule has 2 fully saturated rings. The first-order valence-corrected chi connectivity index (χ1v) is 9.05. The molecule has 2 nitrogen and oxygen atoms in total. The molecule has 0 unspecified atom stereocenters. The minimum Gasteiger partial charge on any atom is -0.390 e. The van der Waals surface area contributed by atoms with Crippen molar-refractivity contribution in [3.05, 3.63) is 22.3 Å². The van der Waals surface area contributed by atoms with Crippen LogP contribution >= 0.6 is 0 Å². The molecule has 0 spiro atoms. The molecule has 122 valence electrons. The van der Waals surface area contributed by atoms with E-state index in [9.17, 15) is 10.2 Å². The molecule has 0 aromatic rings. The first-order chi connectivity index (χ1) is 10.3. The fraction of sp³-hybridized carbons (Fsp3) is 0.800. The molecule has 0 aromatic carbocycles. The summed E-state index contributed by atoms with van der Waals surface area (Å²) in [6.45, 7) is 9.27. The lowest BCUT2D eigenvalue weighted by Gasteiger charge is -2.60. The fourth-order valence-electron chi connectivity index (χ4n) is 6.90. The summed E-state index contributed by atoms with van der Waals surface area (Å²) >= 11 is 0. The predicted octanol–water partition coefficient (Wildman–Crippen LogP) is 3.98. The lowest BCUT2D eigenvalue weighted by molar-refractivity contribution is -0.178. The van der Waals surface area contributed by atoms with Gasteiger partial charge in [-0.15, -0.1) is 0 Å². The van der Waals surface area contributed by atoms with Gasteiger partial charge in [0.25, 0.3) is 0 Å². The summed E-state index contributed by atoms with van der Waals surface area (Å²) in [4.78, 5) is 0. The van der Waals surface area contributed by atoms with Crippen LogP contribution in [0, 0.1) is 22.7 Å². The highest BCUT2D eigenvalue weighted by Gasteiger charge is 2.66. The van der Waals surface area contributed by atoms with Gasteiger partial charge in [-0.05, 0) is 64.2 Å².